The third-order valence-electron chi connectivity index (χ3n) is 6.41. The minimum atomic E-state index is -1.00. The van der Waals surface area contributed by atoms with E-state index in [2.05, 4.69) is 0 Å². The highest BCUT2D eigenvalue weighted by molar-refractivity contribution is 7.98. The average molecular weight is 486 g/mol. The molecule has 7 heteroatoms. The molecule has 1 amide bonds. The second-order valence-corrected chi connectivity index (χ2v) is 9.32. The molecule has 0 saturated carbocycles. The summed E-state index contributed by atoms with van der Waals surface area (Å²) < 4.78 is 7.48. The van der Waals surface area contributed by atoms with E-state index < -0.39 is 17.9 Å². The second kappa shape index (κ2) is 9.96. The smallest absolute Gasteiger partial charge is 0.321 e. The highest BCUT2D eigenvalue weighted by Crippen LogP contribution is 2.41. The molecule has 1 aliphatic heterocycles. The lowest BCUT2D eigenvalue weighted by Gasteiger charge is -2.38. The number of aromatic nitrogens is 2. The fraction of sp³-hybridized carbons (Fsp3) is 0.250. The molecule has 2 atom stereocenters. The SMILES string of the molecule is CCOC(=O)[C@@H]1C(=O)N(CCc2ccccc2)c2nc3ccccc3n2[C@@H]1c1ccc(SC)cc1. The van der Waals surface area contributed by atoms with Gasteiger partial charge in [0.05, 0.1) is 23.7 Å². The molecule has 3 aromatic carbocycles. The lowest BCUT2D eigenvalue weighted by Crippen LogP contribution is -2.50. The van der Waals surface area contributed by atoms with E-state index in [1.54, 1.807) is 23.6 Å². The first-order valence-corrected chi connectivity index (χ1v) is 13.0. The van der Waals surface area contributed by atoms with Gasteiger partial charge >= 0.3 is 5.97 Å². The quantitative estimate of drug-likeness (QED) is 0.207. The summed E-state index contributed by atoms with van der Waals surface area (Å²) in [4.78, 5) is 34.9. The number of hydrogen-bond donors (Lipinski definition) is 0. The first kappa shape index (κ1) is 23.2. The van der Waals surface area contributed by atoms with Crippen molar-refractivity contribution in [2.45, 2.75) is 24.3 Å². The van der Waals surface area contributed by atoms with Gasteiger partial charge in [0.15, 0.2) is 5.92 Å². The number of carbonyl (C=O) groups excluding carboxylic acids is 2. The number of nitrogens with zero attached hydrogens (tertiary/aromatic N) is 3. The molecule has 0 aliphatic carbocycles. The van der Waals surface area contributed by atoms with Gasteiger partial charge in [0.1, 0.15) is 0 Å². The number of esters is 1. The fourth-order valence-corrected chi connectivity index (χ4v) is 5.16. The van der Waals surface area contributed by atoms with Crippen molar-refractivity contribution in [3.63, 3.8) is 0 Å². The summed E-state index contributed by atoms with van der Waals surface area (Å²) in [7, 11) is 0. The molecule has 2 heterocycles. The summed E-state index contributed by atoms with van der Waals surface area (Å²) >= 11 is 1.65. The van der Waals surface area contributed by atoms with E-state index in [0.29, 0.717) is 18.9 Å². The summed E-state index contributed by atoms with van der Waals surface area (Å²) in [6, 6.07) is 25.3. The van der Waals surface area contributed by atoms with Crippen LogP contribution in [0, 0.1) is 5.92 Å². The number of rotatable bonds is 7. The number of carbonyl (C=O) groups is 2. The number of hydrogen-bond acceptors (Lipinski definition) is 5. The number of imidazole rings is 1. The van der Waals surface area contributed by atoms with Gasteiger partial charge in [0, 0.05) is 11.4 Å². The van der Waals surface area contributed by atoms with Crippen molar-refractivity contribution in [1.82, 2.24) is 9.55 Å². The Morgan fingerprint density at radius 3 is 2.43 bits per heavy atom. The third-order valence-corrected chi connectivity index (χ3v) is 7.15. The van der Waals surface area contributed by atoms with E-state index in [1.807, 2.05) is 89.7 Å². The molecule has 4 aromatic rings. The monoisotopic (exact) mass is 485 g/mol. The maximum Gasteiger partial charge on any atom is 0.321 e. The molecule has 6 nitrogen and oxygen atoms in total. The van der Waals surface area contributed by atoms with Crippen LogP contribution in [-0.2, 0) is 20.7 Å². The van der Waals surface area contributed by atoms with E-state index in [-0.39, 0.29) is 12.5 Å². The summed E-state index contributed by atoms with van der Waals surface area (Å²) in [5, 5.41) is 0. The van der Waals surface area contributed by atoms with Gasteiger partial charge in [-0.1, -0.05) is 54.6 Å². The van der Waals surface area contributed by atoms with Gasteiger partial charge in [-0.15, -0.1) is 11.8 Å². The van der Waals surface area contributed by atoms with Gasteiger partial charge in [0.2, 0.25) is 11.9 Å². The van der Waals surface area contributed by atoms with E-state index in [4.69, 9.17) is 9.72 Å². The van der Waals surface area contributed by atoms with Gasteiger partial charge in [-0.2, -0.15) is 0 Å². The van der Waals surface area contributed by atoms with Crippen LogP contribution in [0.15, 0.2) is 83.8 Å². The molecule has 0 spiro atoms. The van der Waals surface area contributed by atoms with Crippen LogP contribution in [0.4, 0.5) is 5.95 Å². The molecule has 1 aliphatic rings. The van der Waals surface area contributed by atoms with Crippen molar-refractivity contribution in [3.05, 3.63) is 90.0 Å². The normalized spacial score (nSPS) is 17.4. The van der Waals surface area contributed by atoms with Crippen LogP contribution in [0.1, 0.15) is 24.1 Å². The minimum absolute atomic E-state index is 0.211. The number of amides is 1. The second-order valence-electron chi connectivity index (χ2n) is 8.44. The Balaban J connectivity index is 1.67. The molecule has 0 N–H and O–H groups in total. The molecule has 0 saturated heterocycles. The topological polar surface area (TPSA) is 64.4 Å². The first-order valence-electron chi connectivity index (χ1n) is 11.7. The van der Waals surface area contributed by atoms with Gasteiger partial charge in [-0.3, -0.25) is 14.5 Å². The first-order chi connectivity index (χ1) is 17.1. The van der Waals surface area contributed by atoms with E-state index in [1.165, 1.54) is 0 Å². The van der Waals surface area contributed by atoms with Crippen LogP contribution in [0.25, 0.3) is 11.0 Å². The molecule has 0 unspecified atom stereocenters. The van der Waals surface area contributed by atoms with Crippen LogP contribution >= 0.6 is 11.8 Å². The molecule has 5 rings (SSSR count). The van der Waals surface area contributed by atoms with Crippen LogP contribution < -0.4 is 4.90 Å². The van der Waals surface area contributed by atoms with Crippen molar-refractivity contribution in [3.8, 4) is 0 Å². The maximum atomic E-state index is 14.0. The summed E-state index contributed by atoms with van der Waals surface area (Å²) in [6.45, 7) is 2.39. The lowest BCUT2D eigenvalue weighted by atomic mass is 9.89. The number of para-hydroxylation sites is 2. The fourth-order valence-electron chi connectivity index (χ4n) is 4.75. The average Bonchev–Trinajstić information content (AvgIpc) is 3.27. The Labute approximate surface area is 208 Å². The highest BCUT2D eigenvalue weighted by Gasteiger charge is 2.47. The third kappa shape index (κ3) is 4.32. The number of ether oxygens (including phenoxy) is 1. The largest absolute Gasteiger partial charge is 0.465 e. The predicted octanol–water partition coefficient (Wildman–Crippen LogP) is 5.12. The molecule has 178 valence electrons. The molecule has 0 radical (unpaired) electrons. The van der Waals surface area contributed by atoms with Gasteiger partial charge in [-0.05, 0) is 55.0 Å². The number of anilines is 1. The summed E-state index contributed by atoms with van der Waals surface area (Å²) in [6.07, 6.45) is 2.67. The van der Waals surface area contributed by atoms with Crippen LogP contribution in [-0.4, -0.2) is 40.8 Å². The molecule has 35 heavy (non-hydrogen) atoms. The van der Waals surface area contributed by atoms with Crippen molar-refractivity contribution in [2.75, 3.05) is 24.3 Å². The Morgan fingerprint density at radius 1 is 1.00 bits per heavy atom. The van der Waals surface area contributed by atoms with Crippen LogP contribution in [0.3, 0.4) is 0 Å². The van der Waals surface area contributed by atoms with E-state index in [0.717, 1.165) is 27.1 Å². The standard InChI is InChI=1S/C28H27N3O3S/c1-3-34-27(33)24-25(20-13-15-21(35-2)16-14-20)31-23-12-8-7-11-22(23)29-28(31)30(26(24)32)18-17-19-9-5-4-6-10-19/h4-16,24-25H,3,17-18H2,1-2H3/t24-,25+/m0/s1. The molecule has 0 bridgehead atoms. The molecule has 1 aromatic heterocycles. The van der Waals surface area contributed by atoms with Crippen molar-refractivity contribution >= 4 is 40.6 Å². The van der Waals surface area contributed by atoms with E-state index in [9.17, 15) is 9.59 Å². The van der Waals surface area contributed by atoms with Crippen LogP contribution in [0.2, 0.25) is 0 Å². The van der Waals surface area contributed by atoms with E-state index >= 15 is 0 Å². The van der Waals surface area contributed by atoms with Gasteiger partial charge in [-0.25, -0.2) is 4.98 Å². The molecular formula is C28H27N3O3S. The maximum absolute atomic E-state index is 14.0. The van der Waals surface area contributed by atoms with Crippen molar-refractivity contribution in [2.24, 2.45) is 5.92 Å². The molecular weight excluding hydrogens is 458 g/mol. The lowest BCUT2D eigenvalue weighted by molar-refractivity contribution is -0.153. The number of benzene rings is 3. The Bertz CT molecular complexity index is 1350. The zero-order valence-corrected chi connectivity index (χ0v) is 20.6. The van der Waals surface area contributed by atoms with Crippen molar-refractivity contribution in [1.29, 1.82) is 0 Å². The zero-order valence-electron chi connectivity index (χ0n) is 19.8. The van der Waals surface area contributed by atoms with Crippen LogP contribution in [0.5, 0.6) is 0 Å². The zero-order chi connectivity index (χ0) is 24.4. The number of fused-ring (bicyclic) bond motifs is 3. The van der Waals surface area contributed by atoms with Gasteiger partial charge in [0.25, 0.3) is 0 Å². The minimum Gasteiger partial charge on any atom is -0.465 e. The Hall–Kier alpha value is -3.58. The summed E-state index contributed by atoms with van der Waals surface area (Å²) in [5.74, 6) is -1.23. The van der Waals surface area contributed by atoms with Crippen molar-refractivity contribution < 1.29 is 14.3 Å². The predicted molar refractivity (Wildman–Crippen MR) is 139 cm³/mol. The number of thioether (sulfide) groups is 1. The highest BCUT2D eigenvalue weighted by atomic mass is 32.2. The Morgan fingerprint density at radius 2 is 1.71 bits per heavy atom. The van der Waals surface area contributed by atoms with Gasteiger partial charge < -0.3 is 9.30 Å². The molecule has 0 fully saturated rings. The Kier molecular flexibility index (Phi) is 6.59. The summed E-state index contributed by atoms with van der Waals surface area (Å²) in [5.41, 5.74) is 3.66.